The number of nitrogens with zero attached hydrogens (tertiary/aromatic N) is 1. The zero-order valence-electron chi connectivity index (χ0n) is 14.5. The van der Waals surface area contributed by atoms with Crippen molar-refractivity contribution >= 4 is 5.69 Å². The van der Waals surface area contributed by atoms with Crippen LogP contribution in [0.2, 0.25) is 0 Å². The van der Waals surface area contributed by atoms with Gasteiger partial charge in [0.05, 0.1) is 5.76 Å². The number of benzene rings is 2. The molecule has 0 saturated carbocycles. The average Bonchev–Trinajstić information content (AvgIpc) is 3.00. The van der Waals surface area contributed by atoms with Gasteiger partial charge in [-0.15, -0.1) is 0 Å². The molecule has 0 spiro atoms. The molecule has 0 aromatic heterocycles. The van der Waals surface area contributed by atoms with Crippen LogP contribution in [0.5, 0.6) is 11.5 Å². The maximum absolute atomic E-state index is 9.49. The van der Waals surface area contributed by atoms with E-state index in [2.05, 4.69) is 43.5 Å². The van der Waals surface area contributed by atoms with Crippen LogP contribution >= 0.6 is 0 Å². The lowest BCUT2D eigenvalue weighted by Crippen LogP contribution is -2.29. The van der Waals surface area contributed by atoms with Gasteiger partial charge in [-0.05, 0) is 68.1 Å². The first-order chi connectivity index (χ1) is 11.5. The maximum atomic E-state index is 9.49. The van der Waals surface area contributed by atoms with E-state index in [0.29, 0.717) is 12.5 Å². The van der Waals surface area contributed by atoms with E-state index in [0.717, 1.165) is 30.9 Å². The number of hydrogen-bond acceptors (Lipinski definition) is 3. The van der Waals surface area contributed by atoms with Crippen LogP contribution < -0.4 is 9.64 Å². The SMILES string of the molecule is C=C(O)CC1CCCN1c1ccc(Oc2cccc(C)c2C)cc1. The number of aryl methyl sites for hydroxylation is 1. The van der Waals surface area contributed by atoms with E-state index in [4.69, 9.17) is 4.74 Å². The average molecular weight is 323 g/mol. The summed E-state index contributed by atoms with van der Waals surface area (Å²) in [5.74, 6) is 2.01. The molecule has 2 aromatic rings. The van der Waals surface area contributed by atoms with E-state index in [-0.39, 0.29) is 5.76 Å². The molecule has 24 heavy (non-hydrogen) atoms. The molecule has 1 atom stereocenters. The Morgan fingerprint density at radius 3 is 2.67 bits per heavy atom. The minimum Gasteiger partial charge on any atom is -0.513 e. The summed E-state index contributed by atoms with van der Waals surface area (Å²) in [5.41, 5.74) is 3.57. The third-order valence-electron chi connectivity index (χ3n) is 4.80. The van der Waals surface area contributed by atoms with Gasteiger partial charge in [-0.3, -0.25) is 0 Å². The third-order valence-corrected chi connectivity index (χ3v) is 4.80. The molecule has 2 aromatic carbocycles. The van der Waals surface area contributed by atoms with E-state index in [1.54, 1.807) is 0 Å². The number of aliphatic hydroxyl groups excluding tert-OH is 1. The van der Waals surface area contributed by atoms with Crippen molar-refractivity contribution < 1.29 is 9.84 Å². The number of rotatable bonds is 5. The topological polar surface area (TPSA) is 32.7 Å². The Hall–Kier alpha value is -2.42. The quantitative estimate of drug-likeness (QED) is 0.735. The summed E-state index contributed by atoms with van der Waals surface area (Å²) < 4.78 is 6.03. The van der Waals surface area contributed by atoms with Crippen molar-refractivity contribution in [3.05, 3.63) is 65.9 Å². The minimum atomic E-state index is 0.266. The molecule has 3 heteroatoms. The van der Waals surface area contributed by atoms with Crippen LogP contribution in [0.25, 0.3) is 0 Å². The van der Waals surface area contributed by atoms with Crippen LogP contribution in [0, 0.1) is 13.8 Å². The Morgan fingerprint density at radius 1 is 1.21 bits per heavy atom. The van der Waals surface area contributed by atoms with Gasteiger partial charge < -0.3 is 14.7 Å². The van der Waals surface area contributed by atoms with Gasteiger partial charge in [-0.1, -0.05) is 18.7 Å². The summed E-state index contributed by atoms with van der Waals surface area (Å²) in [5, 5.41) is 9.49. The minimum absolute atomic E-state index is 0.266. The molecule has 0 amide bonds. The molecule has 0 radical (unpaired) electrons. The molecular formula is C21H25NO2. The van der Waals surface area contributed by atoms with Crippen molar-refractivity contribution in [2.24, 2.45) is 0 Å². The molecule has 1 unspecified atom stereocenters. The standard InChI is InChI=1S/C21H25NO2/c1-15-6-4-8-21(17(15)3)24-20-11-9-18(10-12-20)22-13-5-7-19(22)14-16(2)23/h4,6,8-12,19,23H,2,5,7,13-14H2,1,3H3. The first-order valence-electron chi connectivity index (χ1n) is 8.52. The van der Waals surface area contributed by atoms with E-state index in [1.165, 1.54) is 16.8 Å². The second-order valence-electron chi connectivity index (χ2n) is 6.55. The Balaban J connectivity index is 1.73. The molecule has 1 saturated heterocycles. The molecule has 3 nitrogen and oxygen atoms in total. The van der Waals surface area contributed by atoms with Crippen molar-refractivity contribution in [3.63, 3.8) is 0 Å². The smallest absolute Gasteiger partial charge is 0.130 e. The van der Waals surface area contributed by atoms with Gasteiger partial charge in [0.15, 0.2) is 0 Å². The highest BCUT2D eigenvalue weighted by molar-refractivity contribution is 5.52. The van der Waals surface area contributed by atoms with Crippen LogP contribution in [0.1, 0.15) is 30.4 Å². The lowest BCUT2D eigenvalue weighted by atomic mass is 10.1. The summed E-state index contributed by atoms with van der Waals surface area (Å²) in [6.07, 6.45) is 2.89. The number of hydrogen-bond donors (Lipinski definition) is 1. The lowest BCUT2D eigenvalue weighted by molar-refractivity contribution is 0.376. The molecule has 126 valence electrons. The first kappa shape index (κ1) is 16.4. The van der Waals surface area contributed by atoms with Crippen LogP contribution in [0.3, 0.4) is 0 Å². The number of ether oxygens (including phenoxy) is 1. The second kappa shape index (κ2) is 7.00. The van der Waals surface area contributed by atoms with Gasteiger partial charge in [0.1, 0.15) is 11.5 Å². The Bertz CT molecular complexity index is 721. The molecule has 1 N–H and O–H groups in total. The van der Waals surface area contributed by atoms with Gasteiger partial charge in [0.25, 0.3) is 0 Å². The fourth-order valence-electron chi connectivity index (χ4n) is 3.33. The first-order valence-corrected chi connectivity index (χ1v) is 8.52. The predicted molar refractivity (Wildman–Crippen MR) is 99.2 cm³/mol. The van der Waals surface area contributed by atoms with Crippen molar-refractivity contribution in [2.45, 2.75) is 39.2 Å². The largest absolute Gasteiger partial charge is 0.513 e. The van der Waals surface area contributed by atoms with E-state index < -0.39 is 0 Å². The molecule has 1 fully saturated rings. The number of aliphatic hydroxyl groups is 1. The molecule has 1 aliphatic rings. The van der Waals surface area contributed by atoms with Gasteiger partial charge in [-0.2, -0.15) is 0 Å². The predicted octanol–water partition coefficient (Wildman–Crippen LogP) is 5.53. The summed E-state index contributed by atoms with van der Waals surface area (Å²) in [6, 6.07) is 14.7. The Kier molecular flexibility index (Phi) is 4.79. The van der Waals surface area contributed by atoms with Crippen molar-refractivity contribution in [1.82, 2.24) is 0 Å². The highest BCUT2D eigenvalue weighted by atomic mass is 16.5. The zero-order valence-corrected chi connectivity index (χ0v) is 14.5. The fourth-order valence-corrected chi connectivity index (χ4v) is 3.33. The van der Waals surface area contributed by atoms with Gasteiger partial charge in [0, 0.05) is 24.7 Å². The van der Waals surface area contributed by atoms with Gasteiger partial charge in [0.2, 0.25) is 0 Å². The van der Waals surface area contributed by atoms with E-state index >= 15 is 0 Å². The highest BCUT2D eigenvalue weighted by Crippen LogP contribution is 2.32. The monoisotopic (exact) mass is 323 g/mol. The van der Waals surface area contributed by atoms with Crippen LogP contribution in [-0.2, 0) is 0 Å². The van der Waals surface area contributed by atoms with Crippen molar-refractivity contribution in [2.75, 3.05) is 11.4 Å². The molecule has 0 aliphatic carbocycles. The van der Waals surface area contributed by atoms with Gasteiger partial charge >= 0.3 is 0 Å². The molecular weight excluding hydrogens is 298 g/mol. The summed E-state index contributed by atoms with van der Waals surface area (Å²) in [7, 11) is 0. The Labute approximate surface area is 144 Å². The molecule has 1 heterocycles. The highest BCUT2D eigenvalue weighted by Gasteiger charge is 2.25. The lowest BCUT2D eigenvalue weighted by Gasteiger charge is -2.26. The normalized spacial score (nSPS) is 17.1. The van der Waals surface area contributed by atoms with E-state index in [9.17, 15) is 5.11 Å². The summed E-state index contributed by atoms with van der Waals surface area (Å²) in [4.78, 5) is 2.35. The van der Waals surface area contributed by atoms with Crippen LogP contribution in [0.4, 0.5) is 5.69 Å². The Morgan fingerprint density at radius 2 is 1.96 bits per heavy atom. The van der Waals surface area contributed by atoms with Crippen molar-refractivity contribution in [3.8, 4) is 11.5 Å². The second-order valence-corrected chi connectivity index (χ2v) is 6.55. The molecule has 3 rings (SSSR count). The summed E-state index contributed by atoms with van der Waals surface area (Å²) in [6.45, 7) is 8.82. The molecule has 1 aliphatic heterocycles. The van der Waals surface area contributed by atoms with Crippen LogP contribution in [0.15, 0.2) is 54.8 Å². The van der Waals surface area contributed by atoms with Crippen LogP contribution in [-0.4, -0.2) is 17.7 Å². The molecule has 0 bridgehead atoms. The van der Waals surface area contributed by atoms with E-state index in [1.807, 2.05) is 24.3 Å². The third kappa shape index (κ3) is 3.56. The maximum Gasteiger partial charge on any atom is 0.130 e. The van der Waals surface area contributed by atoms with Gasteiger partial charge in [-0.25, -0.2) is 0 Å². The number of anilines is 1. The summed E-state index contributed by atoms with van der Waals surface area (Å²) >= 11 is 0. The van der Waals surface area contributed by atoms with Crippen molar-refractivity contribution in [1.29, 1.82) is 0 Å². The fraction of sp³-hybridized carbons (Fsp3) is 0.333. The zero-order chi connectivity index (χ0) is 17.1.